The number of fused-ring (bicyclic) bond motifs is 1. The van der Waals surface area contributed by atoms with E-state index in [0.717, 1.165) is 86.1 Å². The number of anilines is 2. The molecule has 1 aromatic carbocycles. The maximum atomic E-state index is 12.3. The lowest BCUT2D eigenvalue weighted by atomic mass is 9.91. The molecule has 0 radical (unpaired) electrons. The predicted molar refractivity (Wildman–Crippen MR) is 146 cm³/mol. The minimum atomic E-state index is -0.173. The van der Waals surface area contributed by atoms with Crippen LogP contribution in [0.15, 0.2) is 24.3 Å². The molecule has 194 valence electrons. The Bertz CT molecular complexity index is 1060. The summed E-state index contributed by atoms with van der Waals surface area (Å²) in [6.45, 7) is 12.2. The first-order chi connectivity index (χ1) is 17.3. The van der Waals surface area contributed by atoms with E-state index in [2.05, 4.69) is 40.6 Å². The summed E-state index contributed by atoms with van der Waals surface area (Å²) in [6.07, 6.45) is 4.68. The second kappa shape index (κ2) is 10.9. The van der Waals surface area contributed by atoms with Gasteiger partial charge in [-0.1, -0.05) is 32.7 Å². The van der Waals surface area contributed by atoms with Crippen LogP contribution in [-0.4, -0.2) is 58.4 Å². The SMILES string of the molecule is CC(C)(C)CCCNC(=O)Nc1ccc(-c2nc3c(c(N4CCOCC4)n2)CN(SC2CC2)C3)cc1. The normalized spacial score (nSPS) is 18.2. The van der Waals surface area contributed by atoms with Crippen LogP contribution in [0.1, 0.15) is 57.7 Å². The van der Waals surface area contributed by atoms with E-state index in [1.165, 1.54) is 18.4 Å². The standard InChI is InChI=1S/C27H38N6O2S/c1-27(2,3)11-4-12-28-26(34)29-20-7-5-19(6-8-20)24-30-23-18-33(36-21-9-10-21)17-22(23)25(31-24)32-13-15-35-16-14-32/h5-8,21H,4,9-18H2,1-3H3,(H2,28,29,34). The minimum Gasteiger partial charge on any atom is -0.378 e. The zero-order chi connectivity index (χ0) is 25.1. The number of aromatic nitrogens is 2. The first-order valence-electron chi connectivity index (χ1n) is 13.1. The fraction of sp³-hybridized carbons (Fsp3) is 0.593. The Kier molecular flexibility index (Phi) is 7.69. The summed E-state index contributed by atoms with van der Waals surface area (Å²) in [5, 5.41) is 6.65. The third-order valence-corrected chi connectivity index (χ3v) is 7.98. The van der Waals surface area contributed by atoms with Crippen molar-refractivity contribution in [2.24, 2.45) is 5.41 Å². The first-order valence-corrected chi connectivity index (χ1v) is 14.0. The van der Waals surface area contributed by atoms with Crippen molar-refractivity contribution in [3.8, 4) is 11.4 Å². The van der Waals surface area contributed by atoms with E-state index in [4.69, 9.17) is 14.7 Å². The Balaban J connectivity index is 1.27. The highest BCUT2D eigenvalue weighted by molar-refractivity contribution is 7.97. The minimum absolute atomic E-state index is 0.173. The van der Waals surface area contributed by atoms with E-state index in [1.807, 2.05) is 36.2 Å². The predicted octanol–water partition coefficient (Wildman–Crippen LogP) is 5.05. The van der Waals surface area contributed by atoms with Gasteiger partial charge in [0.1, 0.15) is 5.82 Å². The van der Waals surface area contributed by atoms with Gasteiger partial charge >= 0.3 is 6.03 Å². The number of amides is 2. The molecule has 9 heteroatoms. The summed E-state index contributed by atoms with van der Waals surface area (Å²) in [7, 11) is 0. The average Bonchev–Trinajstić information content (AvgIpc) is 3.57. The highest BCUT2D eigenvalue weighted by Gasteiger charge is 2.33. The summed E-state index contributed by atoms with van der Waals surface area (Å²) in [5.74, 6) is 1.79. The van der Waals surface area contributed by atoms with Crippen molar-refractivity contribution in [3.63, 3.8) is 0 Å². The zero-order valence-electron chi connectivity index (χ0n) is 21.7. The zero-order valence-corrected chi connectivity index (χ0v) is 22.5. The fourth-order valence-electron chi connectivity index (χ4n) is 4.53. The molecule has 0 spiro atoms. The molecule has 1 saturated heterocycles. The monoisotopic (exact) mass is 510 g/mol. The molecule has 1 aromatic heterocycles. The number of carbonyl (C=O) groups is 1. The number of urea groups is 1. The highest BCUT2D eigenvalue weighted by atomic mass is 32.2. The molecule has 0 atom stereocenters. The maximum Gasteiger partial charge on any atom is 0.319 e. The van der Waals surface area contributed by atoms with Crippen LogP contribution in [0.2, 0.25) is 0 Å². The summed E-state index contributed by atoms with van der Waals surface area (Å²) in [6, 6.07) is 7.65. The molecule has 2 fully saturated rings. The van der Waals surface area contributed by atoms with Gasteiger partial charge in [0.2, 0.25) is 0 Å². The summed E-state index contributed by atoms with van der Waals surface area (Å²) >= 11 is 1.98. The number of hydrogen-bond donors (Lipinski definition) is 2. The third-order valence-electron chi connectivity index (χ3n) is 6.65. The summed E-state index contributed by atoms with van der Waals surface area (Å²) in [5.41, 5.74) is 4.39. The van der Waals surface area contributed by atoms with Gasteiger partial charge in [0.15, 0.2) is 5.82 Å². The molecule has 3 aliphatic rings. The number of carbonyl (C=O) groups excluding carboxylic acids is 1. The van der Waals surface area contributed by atoms with E-state index >= 15 is 0 Å². The second-order valence-corrected chi connectivity index (χ2v) is 12.5. The first kappa shape index (κ1) is 25.3. The van der Waals surface area contributed by atoms with Crippen LogP contribution in [0.25, 0.3) is 11.4 Å². The Morgan fingerprint density at radius 3 is 2.56 bits per heavy atom. The number of benzene rings is 1. The molecule has 36 heavy (non-hydrogen) atoms. The lowest BCUT2D eigenvalue weighted by molar-refractivity contribution is 0.122. The molecular weight excluding hydrogens is 472 g/mol. The van der Waals surface area contributed by atoms with E-state index in [0.29, 0.717) is 6.54 Å². The summed E-state index contributed by atoms with van der Waals surface area (Å²) < 4.78 is 8.03. The molecule has 0 bridgehead atoms. The van der Waals surface area contributed by atoms with Crippen molar-refractivity contribution in [3.05, 3.63) is 35.5 Å². The van der Waals surface area contributed by atoms with Gasteiger partial charge in [-0.05, 0) is 55.4 Å². The van der Waals surface area contributed by atoms with Gasteiger partial charge in [-0.15, -0.1) is 0 Å². The molecule has 1 aliphatic carbocycles. The van der Waals surface area contributed by atoms with E-state index in [1.54, 1.807) is 0 Å². The molecule has 5 rings (SSSR count). The van der Waals surface area contributed by atoms with Crippen molar-refractivity contribution in [2.75, 3.05) is 43.1 Å². The van der Waals surface area contributed by atoms with Crippen LogP contribution in [0.3, 0.4) is 0 Å². The van der Waals surface area contributed by atoms with Gasteiger partial charge in [-0.25, -0.2) is 19.1 Å². The van der Waals surface area contributed by atoms with E-state index in [-0.39, 0.29) is 11.4 Å². The number of morpholine rings is 1. The lowest BCUT2D eigenvalue weighted by Crippen LogP contribution is -2.37. The number of nitrogens with zero attached hydrogens (tertiary/aromatic N) is 4. The van der Waals surface area contributed by atoms with Gasteiger partial charge in [-0.2, -0.15) is 0 Å². The number of ether oxygens (including phenoxy) is 1. The van der Waals surface area contributed by atoms with Gasteiger partial charge in [-0.3, -0.25) is 0 Å². The molecule has 1 saturated carbocycles. The van der Waals surface area contributed by atoms with Crippen molar-refractivity contribution >= 4 is 29.5 Å². The number of nitrogens with one attached hydrogen (secondary N) is 2. The average molecular weight is 511 g/mol. The smallest absolute Gasteiger partial charge is 0.319 e. The Labute approximate surface area is 218 Å². The molecule has 2 aliphatic heterocycles. The molecule has 2 aromatic rings. The van der Waals surface area contributed by atoms with Crippen molar-refractivity contribution in [1.29, 1.82) is 0 Å². The largest absolute Gasteiger partial charge is 0.378 e. The van der Waals surface area contributed by atoms with Gasteiger partial charge < -0.3 is 20.3 Å². The van der Waals surface area contributed by atoms with Crippen LogP contribution in [0.5, 0.6) is 0 Å². The van der Waals surface area contributed by atoms with Crippen LogP contribution >= 0.6 is 11.9 Å². The van der Waals surface area contributed by atoms with Crippen LogP contribution in [-0.2, 0) is 17.8 Å². The second-order valence-electron chi connectivity index (χ2n) is 11.1. The third kappa shape index (κ3) is 6.69. The molecule has 8 nitrogen and oxygen atoms in total. The molecular formula is C27H38N6O2S. The summed E-state index contributed by atoms with van der Waals surface area (Å²) in [4.78, 5) is 24.7. The maximum absolute atomic E-state index is 12.3. The van der Waals surface area contributed by atoms with Gasteiger partial charge in [0, 0.05) is 48.2 Å². The Hall–Kier alpha value is -2.36. The van der Waals surface area contributed by atoms with Crippen molar-refractivity contribution in [2.45, 2.75) is 64.8 Å². The van der Waals surface area contributed by atoms with Crippen LogP contribution in [0.4, 0.5) is 16.3 Å². The number of hydrogen-bond acceptors (Lipinski definition) is 7. The van der Waals surface area contributed by atoms with Crippen LogP contribution < -0.4 is 15.5 Å². The molecule has 0 unspecified atom stereocenters. The van der Waals surface area contributed by atoms with Crippen LogP contribution in [0, 0.1) is 5.41 Å². The van der Waals surface area contributed by atoms with E-state index in [9.17, 15) is 4.79 Å². The highest BCUT2D eigenvalue weighted by Crippen LogP contribution is 2.42. The quantitative estimate of drug-likeness (QED) is 0.380. The van der Waals surface area contributed by atoms with Crippen molar-refractivity contribution in [1.82, 2.24) is 19.6 Å². The molecule has 2 amide bonds. The molecule has 3 heterocycles. The van der Waals surface area contributed by atoms with Crippen molar-refractivity contribution < 1.29 is 9.53 Å². The van der Waals surface area contributed by atoms with E-state index < -0.39 is 0 Å². The van der Waals surface area contributed by atoms with Gasteiger partial charge in [0.25, 0.3) is 0 Å². The number of rotatable bonds is 8. The molecule has 2 N–H and O–H groups in total. The topological polar surface area (TPSA) is 82.6 Å². The fourth-order valence-corrected chi connectivity index (χ4v) is 5.70. The van der Waals surface area contributed by atoms with Gasteiger partial charge in [0.05, 0.1) is 25.5 Å². The lowest BCUT2D eigenvalue weighted by Gasteiger charge is -2.29. The Morgan fingerprint density at radius 2 is 1.86 bits per heavy atom. The Morgan fingerprint density at radius 1 is 1.11 bits per heavy atom.